The van der Waals surface area contributed by atoms with E-state index in [-0.39, 0.29) is 5.82 Å². The van der Waals surface area contributed by atoms with Gasteiger partial charge in [0.25, 0.3) is 0 Å². The van der Waals surface area contributed by atoms with Crippen molar-refractivity contribution in [2.45, 2.75) is 0 Å². The van der Waals surface area contributed by atoms with Crippen LogP contribution >= 0.6 is 11.3 Å². The van der Waals surface area contributed by atoms with Crippen LogP contribution in [0.25, 0.3) is 42.1 Å². The molecule has 6 rings (SSSR count). The van der Waals surface area contributed by atoms with Gasteiger partial charge in [0.15, 0.2) is 0 Å². The van der Waals surface area contributed by atoms with Gasteiger partial charge in [0.1, 0.15) is 5.82 Å². The molecular weight excluding hydrogens is 413 g/mol. The van der Waals surface area contributed by atoms with E-state index >= 15 is 0 Å². The Morgan fingerprint density at radius 3 is 2.25 bits per heavy atom. The van der Waals surface area contributed by atoms with Crippen molar-refractivity contribution in [1.29, 1.82) is 5.41 Å². The maximum absolute atomic E-state index is 13.5. The van der Waals surface area contributed by atoms with Gasteiger partial charge in [-0.15, -0.1) is 11.3 Å². The van der Waals surface area contributed by atoms with Gasteiger partial charge in [-0.3, -0.25) is 5.41 Å². The number of hydrogen-bond acceptors (Lipinski definition) is 2. The second-order valence-corrected chi connectivity index (χ2v) is 9.02. The van der Waals surface area contributed by atoms with E-state index in [1.165, 1.54) is 22.2 Å². The number of thiophene rings is 1. The predicted octanol–water partition coefficient (Wildman–Crippen LogP) is 8.43. The fourth-order valence-electron chi connectivity index (χ4n) is 4.36. The maximum Gasteiger partial charge on any atom is 0.123 e. The largest absolute Gasteiger partial charge is 0.300 e. The molecule has 0 fully saturated rings. The van der Waals surface area contributed by atoms with Gasteiger partial charge in [-0.1, -0.05) is 66.7 Å². The van der Waals surface area contributed by atoms with Crippen molar-refractivity contribution < 1.29 is 4.39 Å². The third-order valence-electron chi connectivity index (χ3n) is 5.96. The van der Waals surface area contributed by atoms with Gasteiger partial charge < -0.3 is 0 Å². The van der Waals surface area contributed by atoms with Crippen molar-refractivity contribution in [1.82, 2.24) is 0 Å². The lowest BCUT2D eigenvalue weighted by molar-refractivity contribution is 0.628. The lowest BCUT2D eigenvalue weighted by atomic mass is 9.92. The van der Waals surface area contributed by atoms with E-state index in [0.29, 0.717) is 5.71 Å². The van der Waals surface area contributed by atoms with Crippen molar-refractivity contribution in [2.24, 2.45) is 0 Å². The minimum Gasteiger partial charge on any atom is -0.300 e. The van der Waals surface area contributed by atoms with Gasteiger partial charge >= 0.3 is 0 Å². The Bertz CT molecular complexity index is 1640. The third kappa shape index (κ3) is 3.10. The van der Waals surface area contributed by atoms with Crippen molar-refractivity contribution in [3.05, 3.63) is 120 Å². The zero-order valence-corrected chi connectivity index (χ0v) is 17.9. The highest BCUT2D eigenvalue weighted by Gasteiger charge is 2.16. The van der Waals surface area contributed by atoms with Crippen LogP contribution in [0.3, 0.4) is 0 Å². The SMILES string of the molecule is N=C(c1ccc2ccccc2c1)c1cc(-c2ccc(F)cc2)cc2sc3ccccc3c12. The average molecular weight is 432 g/mol. The normalized spacial score (nSPS) is 11.4. The van der Waals surface area contributed by atoms with Crippen LogP contribution in [-0.4, -0.2) is 5.71 Å². The second kappa shape index (κ2) is 7.40. The molecule has 0 amide bonds. The van der Waals surface area contributed by atoms with Crippen LogP contribution in [0, 0.1) is 11.2 Å². The molecule has 3 heteroatoms. The van der Waals surface area contributed by atoms with Crippen molar-refractivity contribution in [3.8, 4) is 11.1 Å². The van der Waals surface area contributed by atoms with Crippen molar-refractivity contribution >= 4 is 48.0 Å². The van der Waals surface area contributed by atoms with Crippen LogP contribution < -0.4 is 0 Å². The average Bonchev–Trinajstić information content (AvgIpc) is 3.22. The Morgan fingerprint density at radius 2 is 1.41 bits per heavy atom. The smallest absolute Gasteiger partial charge is 0.123 e. The number of fused-ring (bicyclic) bond motifs is 4. The first-order valence-electron chi connectivity index (χ1n) is 10.5. The zero-order valence-electron chi connectivity index (χ0n) is 17.1. The quantitative estimate of drug-likeness (QED) is 0.272. The molecule has 5 aromatic carbocycles. The van der Waals surface area contributed by atoms with Crippen LogP contribution in [0.5, 0.6) is 0 Å². The summed E-state index contributed by atoms with van der Waals surface area (Å²) in [6, 6.07) is 33.6. The second-order valence-electron chi connectivity index (χ2n) is 7.94. The van der Waals surface area contributed by atoms with Gasteiger partial charge in [-0.05, 0) is 58.3 Å². The molecule has 6 aromatic rings. The lowest BCUT2D eigenvalue weighted by Gasteiger charge is -2.11. The van der Waals surface area contributed by atoms with Crippen LogP contribution in [-0.2, 0) is 0 Å². The van der Waals surface area contributed by atoms with E-state index in [2.05, 4.69) is 48.5 Å². The standard InChI is InChI=1S/C29H18FNS/c30-23-13-11-19(12-14-23)22-16-25(28-24-7-3-4-8-26(24)32-27(28)17-22)29(31)21-10-9-18-5-1-2-6-20(18)15-21/h1-17,31H. The fourth-order valence-corrected chi connectivity index (χ4v) is 5.53. The molecule has 0 bridgehead atoms. The van der Waals surface area contributed by atoms with Gasteiger partial charge in [0.2, 0.25) is 0 Å². The fraction of sp³-hybridized carbons (Fsp3) is 0. The first-order chi connectivity index (χ1) is 15.7. The van der Waals surface area contributed by atoms with Crippen molar-refractivity contribution in [3.63, 3.8) is 0 Å². The number of benzene rings is 5. The Hall–Kier alpha value is -3.82. The van der Waals surface area contributed by atoms with Gasteiger partial charge in [-0.2, -0.15) is 0 Å². The minimum atomic E-state index is -0.249. The van der Waals surface area contributed by atoms with E-state index < -0.39 is 0 Å². The summed E-state index contributed by atoms with van der Waals surface area (Å²) < 4.78 is 15.9. The third-order valence-corrected chi connectivity index (χ3v) is 7.08. The van der Waals surface area contributed by atoms with Gasteiger partial charge in [-0.25, -0.2) is 4.39 Å². The molecule has 1 nitrogen and oxygen atoms in total. The minimum absolute atomic E-state index is 0.249. The molecular formula is C29H18FNS. The molecule has 0 atom stereocenters. The van der Waals surface area contributed by atoms with E-state index in [1.807, 2.05) is 30.3 Å². The first-order valence-corrected chi connectivity index (χ1v) is 11.3. The van der Waals surface area contributed by atoms with E-state index in [4.69, 9.17) is 0 Å². The topological polar surface area (TPSA) is 23.9 Å². The highest BCUT2D eigenvalue weighted by molar-refractivity contribution is 7.25. The Balaban J connectivity index is 1.62. The molecule has 0 saturated carbocycles. The highest BCUT2D eigenvalue weighted by Crippen LogP contribution is 2.39. The summed E-state index contributed by atoms with van der Waals surface area (Å²) in [6.45, 7) is 0. The summed E-state index contributed by atoms with van der Waals surface area (Å²) in [5.74, 6) is -0.249. The number of nitrogens with one attached hydrogen (secondary N) is 1. The molecule has 1 N–H and O–H groups in total. The Labute approximate surface area is 188 Å². The van der Waals surface area contributed by atoms with Crippen LogP contribution in [0.15, 0.2) is 103 Å². The van der Waals surface area contributed by atoms with E-state index in [0.717, 1.165) is 43.1 Å². The maximum atomic E-state index is 13.5. The van der Waals surface area contributed by atoms with Crippen LogP contribution in [0.1, 0.15) is 11.1 Å². The molecule has 32 heavy (non-hydrogen) atoms. The number of rotatable bonds is 3. The summed E-state index contributed by atoms with van der Waals surface area (Å²) in [4.78, 5) is 0. The molecule has 0 spiro atoms. The number of halogens is 1. The summed E-state index contributed by atoms with van der Waals surface area (Å²) in [5, 5.41) is 13.7. The molecule has 0 saturated heterocycles. The van der Waals surface area contributed by atoms with Gasteiger partial charge in [0, 0.05) is 31.3 Å². The summed E-state index contributed by atoms with van der Waals surface area (Å²) in [5.41, 5.74) is 4.21. The summed E-state index contributed by atoms with van der Waals surface area (Å²) in [6.07, 6.45) is 0. The Kier molecular flexibility index (Phi) is 4.37. The highest BCUT2D eigenvalue weighted by atomic mass is 32.1. The predicted molar refractivity (Wildman–Crippen MR) is 135 cm³/mol. The molecule has 0 aliphatic heterocycles. The zero-order chi connectivity index (χ0) is 21.7. The van der Waals surface area contributed by atoms with E-state index in [1.54, 1.807) is 23.5 Å². The molecule has 0 aliphatic rings. The van der Waals surface area contributed by atoms with Crippen molar-refractivity contribution in [2.75, 3.05) is 0 Å². The van der Waals surface area contributed by atoms with E-state index in [9.17, 15) is 9.80 Å². The monoisotopic (exact) mass is 431 g/mol. The first kappa shape index (κ1) is 18.9. The molecule has 0 unspecified atom stereocenters. The van der Waals surface area contributed by atoms with Crippen LogP contribution in [0.4, 0.5) is 4.39 Å². The van der Waals surface area contributed by atoms with Crippen LogP contribution in [0.2, 0.25) is 0 Å². The number of hydrogen-bond donors (Lipinski definition) is 1. The molecule has 1 aromatic heterocycles. The molecule has 152 valence electrons. The van der Waals surface area contributed by atoms with Gasteiger partial charge in [0.05, 0.1) is 5.71 Å². The lowest BCUT2D eigenvalue weighted by Crippen LogP contribution is -2.02. The molecule has 1 heterocycles. The molecule has 0 aliphatic carbocycles. The summed E-state index contributed by atoms with van der Waals surface area (Å²) >= 11 is 1.73. The Morgan fingerprint density at radius 1 is 0.656 bits per heavy atom. The molecule has 0 radical (unpaired) electrons. The summed E-state index contributed by atoms with van der Waals surface area (Å²) in [7, 11) is 0.